The minimum Gasteiger partial charge on any atom is -0.355 e. The van der Waals surface area contributed by atoms with Crippen molar-refractivity contribution in [2.24, 2.45) is 13.0 Å². The predicted octanol–water partition coefficient (Wildman–Crippen LogP) is 4.33. The van der Waals surface area contributed by atoms with Crippen LogP contribution in [-0.2, 0) is 7.05 Å². The number of hydrogen-bond donors (Lipinski definition) is 2. The minimum atomic E-state index is -0.0845. The molecular formula is C22H26ClN5O. The molecular weight excluding hydrogens is 386 g/mol. The minimum absolute atomic E-state index is 0.0845. The number of aromatic nitrogens is 3. The maximum atomic E-state index is 12.6. The predicted molar refractivity (Wildman–Crippen MR) is 116 cm³/mol. The van der Waals surface area contributed by atoms with Crippen molar-refractivity contribution in [3.63, 3.8) is 0 Å². The number of aryl methyl sites for hydroxylation is 2. The highest BCUT2D eigenvalue weighted by Gasteiger charge is 2.24. The number of fused-ring (bicyclic) bond motifs is 1. The summed E-state index contributed by atoms with van der Waals surface area (Å²) in [6, 6.07) is 10.0. The molecule has 0 atom stereocenters. The number of nitrogens with zero attached hydrogens (tertiary/aromatic N) is 3. The molecule has 1 aliphatic rings. The first-order chi connectivity index (χ1) is 14.0. The van der Waals surface area contributed by atoms with Gasteiger partial charge < -0.3 is 15.2 Å². The summed E-state index contributed by atoms with van der Waals surface area (Å²) in [7, 11) is 2.04. The van der Waals surface area contributed by atoms with Gasteiger partial charge in [-0.2, -0.15) is 0 Å². The van der Waals surface area contributed by atoms with Crippen LogP contribution in [0.2, 0.25) is 5.02 Å². The quantitative estimate of drug-likeness (QED) is 0.655. The second kappa shape index (κ2) is 8.41. The van der Waals surface area contributed by atoms with Crippen LogP contribution in [0.3, 0.4) is 0 Å². The van der Waals surface area contributed by atoms with Gasteiger partial charge in [-0.15, -0.1) is 0 Å². The Morgan fingerprint density at radius 2 is 2.00 bits per heavy atom. The molecule has 1 aromatic carbocycles. The molecule has 2 heterocycles. The second-order valence-corrected chi connectivity index (χ2v) is 8.28. The summed E-state index contributed by atoms with van der Waals surface area (Å²) in [5, 5.41) is 7.14. The maximum absolute atomic E-state index is 12.6. The Bertz CT molecular complexity index is 1020. The lowest BCUT2D eigenvalue weighted by Gasteiger charge is -2.29. The third-order valence-corrected chi connectivity index (χ3v) is 6.02. The molecule has 0 aliphatic heterocycles. The highest BCUT2D eigenvalue weighted by atomic mass is 35.5. The zero-order chi connectivity index (χ0) is 20.4. The third kappa shape index (κ3) is 4.37. The van der Waals surface area contributed by atoms with Crippen LogP contribution in [0.15, 0.2) is 36.5 Å². The maximum Gasteiger partial charge on any atom is 0.253 e. The number of imidazole rings is 1. The summed E-state index contributed by atoms with van der Waals surface area (Å²) >= 11 is 5.99. The van der Waals surface area contributed by atoms with Crippen LogP contribution in [0, 0.1) is 12.8 Å². The lowest BCUT2D eigenvalue weighted by molar-refractivity contribution is 0.0921. The molecule has 4 rings (SSSR count). The lowest BCUT2D eigenvalue weighted by atomic mass is 9.86. The molecule has 0 saturated heterocycles. The molecule has 0 bridgehead atoms. The van der Waals surface area contributed by atoms with Crippen molar-refractivity contribution < 1.29 is 4.79 Å². The normalized spacial score (nSPS) is 19.3. The van der Waals surface area contributed by atoms with E-state index in [4.69, 9.17) is 11.6 Å². The summed E-state index contributed by atoms with van der Waals surface area (Å²) in [5.74, 6) is 1.40. The van der Waals surface area contributed by atoms with Gasteiger partial charge in [-0.1, -0.05) is 23.7 Å². The molecule has 2 N–H and O–H groups in total. The van der Waals surface area contributed by atoms with Gasteiger partial charge in [0.2, 0.25) is 5.95 Å². The van der Waals surface area contributed by atoms with Crippen molar-refractivity contribution in [1.29, 1.82) is 0 Å². The van der Waals surface area contributed by atoms with Crippen molar-refractivity contribution in [1.82, 2.24) is 19.9 Å². The van der Waals surface area contributed by atoms with Gasteiger partial charge in [0.15, 0.2) is 0 Å². The molecule has 29 heavy (non-hydrogen) atoms. The molecule has 3 aromatic rings. The zero-order valence-corrected chi connectivity index (χ0v) is 17.5. The molecule has 6 nitrogen and oxygen atoms in total. The third-order valence-electron chi connectivity index (χ3n) is 5.82. The van der Waals surface area contributed by atoms with Crippen LogP contribution in [0.5, 0.6) is 0 Å². The van der Waals surface area contributed by atoms with Gasteiger partial charge in [0.05, 0.1) is 27.3 Å². The van der Waals surface area contributed by atoms with Gasteiger partial charge >= 0.3 is 0 Å². The number of pyridine rings is 1. The van der Waals surface area contributed by atoms with Crippen LogP contribution < -0.4 is 10.6 Å². The Morgan fingerprint density at radius 3 is 2.76 bits per heavy atom. The molecule has 1 fully saturated rings. The van der Waals surface area contributed by atoms with Crippen molar-refractivity contribution in [3.05, 3.63) is 52.8 Å². The number of benzene rings is 1. The van der Waals surface area contributed by atoms with E-state index in [1.807, 2.05) is 32.2 Å². The summed E-state index contributed by atoms with van der Waals surface area (Å²) < 4.78 is 2.10. The number of halogens is 1. The number of para-hydroxylation sites is 2. The molecule has 0 spiro atoms. The van der Waals surface area contributed by atoms with E-state index in [0.29, 0.717) is 22.2 Å². The highest BCUT2D eigenvalue weighted by molar-refractivity contribution is 6.30. The Hall–Kier alpha value is -2.60. The van der Waals surface area contributed by atoms with E-state index in [-0.39, 0.29) is 11.9 Å². The first-order valence-electron chi connectivity index (χ1n) is 10.1. The van der Waals surface area contributed by atoms with E-state index in [0.717, 1.165) is 49.2 Å². The standard InChI is InChI=1S/C22H26ClN5O/c1-14-18(11-16(23)13-24-14)21(29)26-17-9-7-15(8-10-17)12-25-22-27-19-5-3-4-6-20(19)28(22)2/h3-6,11,13,15,17H,7-10,12H2,1-2H3,(H,25,27)(H,26,29)/t15-,17-. The molecule has 2 aromatic heterocycles. The number of anilines is 1. The fraction of sp³-hybridized carbons (Fsp3) is 0.409. The van der Waals surface area contributed by atoms with Crippen molar-refractivity contribution in [2.45, 2.75) is 38.6 Å². The Labute approximate surface area is 175 Å². The molecule has 7 heteroatoms. The number of nitrogens with one attached hydrogen (secondary N) is 2. The van der Waals surface area contributed by atoms with Crippen LogP contribution in [0.1, 0.15) is 41.7 Å². The fourth-order valence-corrected chi connectivity index (χ4v) is 4.21. The number of hydrogen-bond acceptors (Lipinski definition) is 4. The van der Waals surface area contributed by atoms with E-state index in [2.05, 4.69) is 31.2 Å². The van der Waals surface area contributed by atoms with Crippen molar-refractivity contribution >= 4 is 34.5 Å². The van der Waals surface area contributed by atoms with Gasteiger partial charge in [-0.25, -0.2) is 4.98 Å². The van der Waals surface area contributed by atoms with Gasteiger partial charge in [-0.3, -0.25) is 9.78 Å². The fourth-order valence-electron chi connectivity index (χ4n) is 4.05. The first kappa shape index (κ1) is 19.7. The van der Waals surface area contributed by atoms with Gasteiger partial charge in [0, 0.05) is 25.8 Å². The molecule has 1 amide bonds. The lowest BCUT2D eigenvalue weighted by Crippen LogP contribution is -2.38. The van der Waals surface area contributed by atoms with E-state index < -0.39 is 0 Å². The number of rotatable bonds is 5. The molecule has 0 radical (unpaired) electrons. The van der Waals surface area contributed by atoms with E-state index in [9.17, 15) is 4.79 Å². The van der Waals surface area contributed by atoms with Gasteiger partial charge in [0.1, 0.15) is 0 Å². The van der Waals surface area contributed by atoms with Gasteiger partial charge in [-0.05, 0) is 56.7 Å². The largest absolute Gasteiger partial charge is 0.355 e. The van der Waals surface area contributed by atoms with Crippen LogP contribution in [-0.4, -0.2) is 33.0 Å². The van der Waals surface area contributed by atoms with E-state index >= 15 is 0 Å². The second-order valence-electron chi connectivity index (χ2n) is 7.84. The zero-order valence-electron chi connectivity index (χ0n) is 16.8. The average Bonchev–Trinajstić information content (AvgIpc) is 3.05. The smallest absolute Gasteiger partial charge is 0.253 e. The molecule has 152 valence electrons. The Kier molecular flexibility index (Phi) is 5.72. The van der Waals surface area contributed by atoms with E-state index in [1.165, 1.54) is 0 Å². The number of amides is 1. The van der Waals surface area contributed by atoms with Crippen LogP contribution >= 0.6 is 11.6 Å². The summed E-state index contributed by atoms with van der Waals surface area (Å²) in [4.78, 5) is 21.4. The van der Waals surface area contributed by atoms with Crippen LogP contribution in [0.25, 0.3) is 11.0 Å². The highest BCUT2D eigenvalue weighted by Crippen LogP contribution is 2.26. The number of carbonyl (C=O) groups is 1. The first-order valence-corrected chi connectivity index (χ1v) is 10.5. The summed E-state index contributed by atoms with van der Waals surface area (Å²) in [6.45, 7) is 2.73. The monoisotopic (exact) mass is 411 g/mol. The SMILES string of the molecule is Cc1ncc(Cl)cc1C(=O)N[C@H]1CC[C@H](CNc2nc3ccccc3n2C)CC1. The summed E-state index contributed by atoms with van der Waals surface area (Å²) in [5.41, 5.74) is 3.40. The number of carbonyl (C=O) groups excluding carboxylic acids is 1. The summed E-state index contributed by atoms with van der Waals surface area (Å²) in [6.07, 6.45) is 5.68. The van der Waals surface area contributed by atoms with Crippen molar-refractivity contribution in [2.75, 3.05) is 11.9 Å². The van der Waals surface area contributed by atoms with Crippen molar-refractivity contribution in [3.8, 4) is 0 Å². The Balaban J connectivity index is 1.28. The van der Waals surface area contributed by atoms with Crippen LogP contribution in [0.4, 0.5) is 5.95 Å². The van der Waals surface area contributed by atoms with Gasteiger partial charge in [0.25, 0.3) is 5.91 Å². The molecule has 1 saturated carbocycles. The topological polar surface area (TPSA) is 71.8 Å². The van der Waals surface area contributed by atoms with E-state index in [1.54, 1.807) is 12.3 Å². The molecule has 1 aliphatic carbocycles. The molecule has 0 unspecified atom stereocenters. The average molecular weight is 412 g/mol. The Morgan fingerprint density at radius 1 is 1.24 bits per heavy atom.